The highest BCUT2D eigenvalue weighted by molar-refractivity contribution is 5.54. The van der Waals surface area contributed by atoms with Crippen molar-refractivity contribution in [2.75, 3.05) is 5.73 Å². The summed E-state index contributed by atoms with van der Waals surface area (Å²) in [5, 5.41) is 0. The van der Waals surface area contributed by atoms with Crippen molar-refractivity contribution in [2.45, 2.75) is 23.7 Å². The molecule has 1 aromatic rings. The minimum Gasteiger partial charge on any atom is -0.394 e. The summed E-state index contributed by atoms with van der Waals surface area (Å²) in [7, 11) is 0. The quantitative estimate of drug-likeness (QED) is 0.565. The van der Waals surface area contributed by atoms with Crippen LogP contribution in [0.1, 0.15) is 11.1 Å². The van der Waals surface area contributed by atoms with E-state index in [2.05, 4.69) is 5.73 Å². The molecule has 1 aliphatic rings. The Morgan fingerprint density at radius 1 is 0.762 bits per heavy atom. The molecule has 0 saturated heterocycles. The Morgan fingerprint density at radius 3 is 1.67 bits per heavy atom. The monoisotopic (exact) mass is 327 g/mol. The van der Waals surface area contributed by atoms with Gasteiger partial charge in [-0.15, -0.1) is 0 Å². The first kappa shape index (κ1) is 15.7. The van der Waals surface area contributed by atoms with Crippen molar-refractivity contribution in [3.8, 4) is 0 Å². The van der Waals surface area contributed by atoms with Crippen LogP contribution in [-0.2, 0) is 11.8 Å². The second-order valence-electron chi connectivity index (χ2n) is 4.31. The van der Waals surface area contributed by atoms with Crippen molar-refractivity contribution in [1.82, 2.24) is 0 Å². The minimum absolute atomic E-state index is 0.606. The van der Waals surface area contributed by atoms with Crippen molar-refractivity contribution in [3.63, 3.8) is 0 Å². The summed E-state index contributed by atoms with van der Waals surface area (Å²) < 4.78 is 132. The Morgan fingerprint density at radius 2 is 1.19 bits per heavy atom. The zero-order valence-electron chi connectivity index (χ0n) is 9.43. The summed E-state index contributed by atoms with van der Waals surface area (Å²) >= 11 is 0. The molecule has 0 heterocycles. The van der Waals surface area contributed by atoms with E-state index in [0.29, 0.717) is 0 Å². The summed E-state index contributed by atoms with van der Waals surface area (Å²) in [6, 6.07) is -0.606. The van der Waals surface area contributed by atoms with E-state index in [0.717, 1.165) is 0 Å². The molecule has 0 saturated carbocycles. The normalized spacial score (nSPS) is 24.5. The van der Waals surface area contributed by atoms with Gasteiger partial charge in [0.1, 0.15) is 11.5 Å². The number of benzene rings is 1. The van der Waals surface area contributed by atoms with E-state index in [1.807, 2.05) is 0 Å². The molecular weight excluding hydrogens is 324 g/mol. The fourth-order valence-corrected chi connectivity index (χ4v) is 1.91. The number of fused-ring (bicyclic) bond motifs is 1. The van der Waals surface area contributed by atoms with E-state index in [1.165, 1.54) is 0 Å². The molecule has 2 N–H and O–H groups in total. The third-order valence-electron chi connectivity index (χ3n) is 3.09. The van der Waals surface area contributed by atoms with Gasteiger partial charge in [-0.1, -0.05) is 0 Å². The zero-order valence-corrected chi connectivity index (χ0v) is 9.43. The molecule has 0 bridgehead atoms. The van der Waals surface area contributed by atoms with Crippen molar-refractivity contribution in [2.24, 2.45) is 0 Å². The number of alkyl halides is 8. The molecule has 21 heavy (non-hydrogen) atoms. The highest BCUT2D eigenvalue weighted by Gasteiger charge is 2.85. The van der Waals surface area contributed by atoms with E-state index < -0.39 is 58.2 Å². The van der Waals surface area contributed by atoms with Gasteiger partial charge in [0, 0.05) is 5.56 Å². The van der Waals surface area contributed by atoms with E-state index in [4.69, 9.17) is 0 Å². The summed E-state index contributed by atoms with van der Waals surface area (Å²) in [5.74, 6) is -29.8. The van der Waals surface area contributed by atoms with Crippen LogP contribution < -0.4 is 5.73 Å². The van der Waals surface area contributed by atoms with Gasteiger partial charge in [-0.25, -0.2) is 8.78 Å². The number of hydrogen-bond acceptors (Lipinski definition) is 1. The van der Waals surface area contributed by atoms with Gasteiger partial charge in [0.25, 0.3) is 0 Å². The lowest BCUT2D eigenvalue weighted by molar-refractivity contribution is -0.387. The maximum Gasteiger partial charge on any atom is 0.383 e. The summed E-state index contributed by atoms with van der Waals surface area (Å²) in [5.41, 5.74) is -2.47. The van der Waals surface area contributed by atoms with E-state index in [1.54, 1.807) is 0 Å². The van der Waals surface area contributed by atoms with Crippen molar-refractivity contribution < 1.29 is 43.9 Å². The van der Waals surface area contributed by atoms with Gasteiger partial charge in [0.15, 0.2) is 5.82 Å². The van der Waals surface area contributed by atoms with Gasteiger partial charge in [-0.2, -0.15) is 35.1 Å². The standard InChI is InChI=1S/C10H3F10N/c11-3-1-2-4(5(12)6(3)21)8(15,16)10(19,20)9(17,18)7(2,13)14/h1H,21H2. The lowest BCUT2D eigenvalue weighted by Gasteiger charge is -2.42. The number of nitrogens with two attached hydrogens (primary N) is 1. The zero-order chi connectivity index (χ0) is 16.6. The first-order valence-corrected chi connectivity index (χ1v) is 5.01. The van der Waals surface area contributed by atoms with Gasteiger partial charge in [0.2, 0.25) is 0 Å². The number of nitrogen functional groups attached to an aromatic ring is 1. The predicted octanol–water partition coefficient (Wildman–Crippen LogP) is 4.01. The van der Waals surface area contributed by atoms with Crippen LogP contribution in [0, 0.1) is 11.6 Å². The SMILES string of the molecule is Nc1c(F)cc2c(c1F)C(F)(F)C(F)(F)C(F)(F)C2(F)F. The lowest BCUT2D eigenvalue weighted by Crippen LogP contribution is -2.64. The second kappa shape index (κ2) is 3.74. The fourth-order valence-electron chi connectivity index (χ4n) is 1.91. The molecule has 0 aromatic heterocycles. The molecule has 118 valence electrons. The fraction of sp³-hybridized carbons (Fsp3) is 0.400. The largest absolute Gasteiger partial charge is 0.394 e. The van der Waals surface area contributed by atoms with Gasteiger partial charge in [-0.3, -0.25) is 0 Å². The molecule has 1 aromatic carbocycles. The van der Waals surface area contributed by atoms with Crippen LogP contribution in [0.2, 0.25) is 0 Å². The van der Waals surface area contributed by atoms with Gasteiger partial charge < -0.3 is 5.73 Å². The molecular formula is C10H3F10N. The third-order valence-corrected chi connectivity index (χ3v) is 3.09. The maximum atomic E-state index is 13.4. The Hall–Kier alpha value is -1.68. The average molecular weight is 327 g/mol. The van der Waals surface area contributed by atoms with E-state index >= 15 is 0 Å². The third kappa shape index (κ3) is 1.49. The first-order valence-electron chi connectivity index (χ1n) is 5.01. The van der Waals surface area contributed by atoms with Crippen LogP contribution in [-0.4, -0.2) is 11.8 Å². The van der Waals surface area contributed by atoms with Gasteiger partial charge in [0.05, 0.1) is 5.56 Å². The molecule has 0 amide bonds. The molecule has 0 spiro atoms. The molecule has 0 atom stereocenters. The maximum absolute atomic E-state index is 13.4. The molecule has 0 aliphatic heterocycles. The Labute approximate surface area is 109 Å². The Bertz CT molecular complexity index is 621. The second-order valence-corrected chi connectivity index (χ2v) is 4.31. The molecule has 0 unspecified atom stereocenters. The van der Waals surface area contributed by atoms with E-state index in [9.17, 15) is 43.9 Å². The van der Waals surface area contributed by atoms with Crippen LogP contribution in [0.25, 0.3) is 0 Å². The summed E-state index contributed by atoms with van der Waals surface area (Å²) in [4.78, 5) is 0. The van der Waals surface area contributed by atoms with E-state index in [-0.39, 0.29) is 0 Å². The van der Waals surface area contributed by atoms with Crippen LogP contribution in [0.3, 0.4) is 0 Å². The van der Waals surface area contributed by atoms with Crippen LogP contribution in [0.4, 0.5) is 49.6 Å². The lowest BCUT2D eigenvalue weighted by atomic mass is 9.79. The highest BCUT2D eigenvalue weighted by Crippen LogP contribution is 2.65. The Kier molecular flexibility index (Phi) is 2.80. The molecule has 1 nitrogen and oxygen atoms in total. The van der Waals surface area contributed by atoms with Crippen LogP contribution >= 0.6 is 0 Å². The smallest absolute Gasteiger partial charge is 0.383 e. The number of halogens is 10. The Balaban J connectivity index is 3.02. The van der Waals surface area contributed by atoms with Crippen LogP contribution in [0.15, 0.2) is 6.07 Å². The number of anilines is 1. The highest BCUT2D eigenvalue weighted by atomic mass is 19.4. The van der Waals surface area contributed by atoms with Gasteiger partial charge in [-0.05, 0) is 6.07 Å². The van der Waals surface area contributed by atoms with Crippen molar-refractivity contribution >= 4 is 5.69 Å². The minimum atomic E-state index is -6.61. The topological polar surface area (TPSA) is 26.0 Å². The summed E-state index contributed by atoms with van der Waals surface area (Å²) in [6.45, 7) is 0. The molecule has 1 aliphatic carbocycles. The number of rotatable bonds is 0. The van der Waals surface area contributed by atoms with Crippen LogP contribution in [0.5, 0.6) is 0 Å². The molecule has 11 heteroatoms. The molecule has 2 rings (SSSR count). The van der Waals surface area contributed by atoms with Crippen molar-refractivity contribution in [3.05, 3.63) is 28.8 Å². The predicted molar refractivity (Wildman–Crippen MR) is 48.5 cm³/mol. The van der Waals surface area contributed by atoms with Gasteiger partial charge >= 0.3 is 23.7 Å². The number of hydrogen-bond donors (Lipinski definition) is 1. The first-order chi connectivity index (χ1) is 9.21. The molecule has 0 radical (unpaired) electrons. The average Bonchev–Trinajstić information content (AvgIpc) is 2.32. The summed E-state index contributed by atoms with van der Waals surface area (Å²) in [6.07, 6.45) is 0. The van der Waals surface area contributed by atoms with Crippen molar-refractivity contribution in [1.29, 1.82) is 0 Å². The molecule has 0 fully saturated rings.